The summed E-state index contributed by atoms with van der Waals surface area (Å²) in [6, 6.07) is 3.08. The molecule has 2 amide bonds. The second-order valence-electron chi connectivity index (χ2n) is 3.99. The molecule has 0 bridgehead atoms. The minimum atomic E-state index is -1.37. The summed E-state index contributed by atoms with van der Waals surface area (Å²) in [4.78, 5) is 33.8. The minimum absolute atomic E-state index is 0.489. The first kappa shape index (κ1) is 15.5. The Balaban J connectivity index is 2.90. The van der Waals surface area contributed by atoms with Crippen molar-refractivity contribution in [3.8, 4) is 0 Å². The van der Waals surface area contributed by atoms with Crippen molar-refractivity contribution in [2.75, 3.05) is 13.1 Å². The quantitative estimate of drug-likeness (QED) is 0.763. The standard InChI is InChI=1S/C12H12F2N2O4/c13-8-2-1-3-9(14)7(8)4-11(18)16(5-10(15)17)6-12(19)20/h1-3H,4-6H2,(H2,15,17)(H,19,20). The molecule has 0 atom stereocenters. The van der Waals surface area contributed by atoms with Crippen LogP contribution in [-0.2, 0) is 20.8 Å². The van der Waals surface area contributed by atoms with Gasteiger partial charge in [-0.15, -0.1) is 0 Å². The number of benzene rings is 1. The highest BCUT2D eigenvalue weighted by molar-refractivity contribution is 5.87. The fraction of sp³-hybridized carbons (Fsp3) is 0.250. The van der Waals surface area contributed by atoms with Crippen LogP contribution in [0.4, 0.5) is 8.78 Å². The molecule has 108 valence electrons. The zero-order valence-corrected chi connectivity index (χ0v) is 10.3. The molecule has 0 saturated heterocycles. The normalized spacial score (nSPS) is 10.1. The van der Waals surface area contributed by atoms with Gasteiger partial charge in [0.15, 0.2) is 0 Å². The van der Waals surface area contributed by atoms with Gasteiger partial charge in [-0.2, -0.15) is 0 Å². The van der Waals surface area contributed by atoms with Gasteiger partial charge in [0.2, 0.25) is 11.8 Å². The molecule has 20 heavy (non-hydrogen) atoms. The monoisotopic (exact) mass is 286 g/mol. The summed E-state index contributed by atoms with van der Waals surface area (Å²) in [5, 5.41) is 8.63. The van der Waals surface area contributed by atoms with Gasteiger partial charge in [-0.3, -0.25) is 14.4 Å². The van der Waals surface area contributed by atoms with Crippen molar-refractivity contribution in [3.05, 3.63) is 35.4 Å². The molecule has 0 aliphatic carbocycles. The third kappa shape index (κ3) is 4.30. The van der Waals surface area contributed by atoms with Crippen LogP contribution in [0.25, 0.3) is 0 Å². The van der Waals surface area contributed by atoms with E-state index in [0.29, 0.717) is 4.90 Å². The molecule has 3 N–H and O–H groups in total. The van der Waals surface area contributed by atoms with Gasteiger partial charge in [-0.1, -0.05) is 6.07 Å². The third-order valence-corrected chi connectivity index (χ3v) is 2.42. The molecule has 0 aromatic heterocycles. The Morgan fingerprint density at radius 3 is 2.15 bits per heavy atom. The topological polar surface area (TPSA) is 101 Å². The smallest absolute Gasteiger partial charge is 0.323 e. The van der Waals surface area contributed by atoms with Crippen LogP contribution in [0.5, 0.6) is 0 Å². The highest BCUT2D eigenvalue weighted by Crippen LogP contribution is 2.13. The van der Waals surface area contributed by atoms with Crippen molar-refractivity contribution in [3.63, 3.8) is 0 Å². The first-order valence-electron chi connectivity index (χ1n) is 5.52. The Morgan fingerprint density at radius 1 is 1.15 bits per heavy atom. The van der Waals surface area contributed by atoms with E-state index in [1.165, 1.54) is 0 Å². The Bertz CT molecular complexity index is 512. The summed E-state index contributed by atoms with van der Waals surface area (Å²) >= 11 is 0. The zero-order chi connectivity index (χ0) is 15.3. The van der Waals surface area contributed by atoms with Crippen LogP contribution in [0.1, 0.15) is 5.56 Å². The Morgan fingerprint density at radius 2 is 1.70 bits per heavy atom. The molecule has 0 aliphatic rings. The van der Waals surface area contributed by atoms with Crippen LogP contribution in [0.3, 0.4) is 0 Å². The minimum Gasteiger partial charge on any atom is -0.480 e. The maximum Gasteiger partial charge on any atom is 0.323 e. The predicted octanol–water partition coefficient (Wildman–Crippen LogP) is -0.0942. The molecule has 1 rings (SSSR count). The second kappa shape index (κ2) is 6.60. The molecule has 0 saturated carbocycles. The molecule has 0 heterocycles. The van der Waals surface area contributed by atoms with E-state index in [1.807, 2.05) is 0 Å². The van der Waals surface area contributed by atoms with Crippen LogP contribution in [0, 0.1) is 11.6 Å². The predicted molar refractivity (Wildman–Crippen MR) is 63.5 cm³/mol. The molecule has 8 heteroatoms. The maximum absolute atomic E-state index is 13.4. The number of aliphatic carboxylic acids is 1. The van der Waals surface area contributed by atoms with Gasteiger partial charge >= 0.3 is 5.97 Å². The van der Waals surface area contributed by atoms with Crippen molar-refractivity contribution >= 4 is 17.8 Å². The lowest BCUT2D eigenvalue weighted by Crippen LogP contribution is -2.42. The largest absolute Gasteiger partial charge is 0.480 e. The molecule has 0 aliphatic heterocycles. The highest BCUT2D eigenvalue weighted by atomic mass is 19.1. The van der Waals surface area contributed by atoms with Crippen molar-refractivity contribution in [1.82, 2.24) is 4.90 Å². The summed E-state index contributed by atoms with van der Waals surface area (Å²) < 4.78 is 26.8. The first-order chi connectivity index (χ1) is 9.31. The molecule has 0 unspecified atom stereocenters. The average molecular weight is 286 g/mol. The molecular formula is C12H12F2N2O4. The van der Waals surface area contributed by atoms with Crippen molar-refractivity contribution < 1.29 is 28.3 Å². The van der Waals surface area contributed by atoms with Gasteiger partial charge in [0, 0.05) is 5.56 Å². The Labute approximate surface area is 112 Å². The van der Waals surface area contributed by atoms with E-state index in [4.69, 9.17) is 10.8 Å². The molecule has 0 radical (unpaired) electrons. The molecule has 0 spiro atoms. The number of carbonyl (C=O) groups is 3. The number of carboxylic acid groups (broad SMARTS) is 1. The van der Waals surface area contributed by atoms with Crippen LogP contribution >= 0.6 is 0 Å². The number of halogens is 2. The number of primary amides is 1. The lowest BCUT2D eigenvalue weighted by Gasteiger charge is -2.19. The van der Waals surface area contributed by atoms with Crippen molar-refractivity contribution in [2.24, 2.45) is 5.73 Å². The molecule has 0 fully saturated rings. The summed E-state index contributed by atoms with van der Waals surface area (Å²) in [5.74, 6) is -5.04. The molecule has 1 aromatic carbocycles. The van der Waals surface area contributed by atoms with Crippen LogP contribution in [0.2, 0.25) is 0 Å². The van der Waals surface area contributed by atoms with E-state index < -0.39 is 54.5 Å². The van der Waals surface area contributed by atoms with E-state index in [1.54, 1.807) is 0 Å². The molecule has 1 aromatic rings. The summed E-state index contributed by atoms with van der Waals surface area (Å²) in [7, 11) is 0. The fourth-order valence-electron chi connectivity index (χ4n) is 1.55. The van der Waals surface area contributed by atoms with E-state index in [9.17, 15) is 23.2 Å². The average Bonchev–Trinajstić information content (AvgIpc) is 2.31. The van der Waals surface area contributed by atoms with Gasteiger partial charge < -0.3 is 15.7 Å². The summed E-state index contributed by atoms with van der Waals surface area (Å²) in [6.45, 7) is -1.42. The SMILES string of the molecule is NC(=O)CN(CC(=O)O)C(=O)Cc1c(F)cccc1F. The third-order valence-electron chi connectivity index (χ3n) is 2.42. The van der Waals surface area contributed by atoms with Crippen LogP contribution in [0.15, 0.2) is 18.2 Å². The number of hydrogen-bond acceptors (Lipinski definition) is 3. The van der Waals surface area contributed by atoms with Gasteiger partial charge in [0.25, 0.3) is 0 Å². The van der Waals surface area contributed by atoms with Gasteiger partial charge in [-0.05, 0) is 12.1 Å². The molecule has 6 nitrogen and oxygen atoms in total. The van der Waals surface area contributed by atoms with E-state index >= 15 is 0 Å². The number of carbonyl (C=O) groups excluding carboxylic acids is 2. The highest BCUT2D eigenvalue weighted by Gasteiger charge is 2.21. The Kier molecular flexibility index (Phi) is 5.13. The van der Waals surface area contributed by atoms with Crippen LogP contribution in [-0.4, -0.2) is 40.9 Å². The number of rotatable bonds is 6. The zero-order valence-electron chi connectivity index (χ0n) is 10.3. The van der Waals surface area contributed by atoms with E-state index in [0.717, 1.165) is 18.2 Å². The Hall–Kier alpha value is -2.51. The summed E-state index contributed by atoms with van der Waals surface area (Å²) in [5.41, 5.74) is 4.40. The number of carboxylic acids is 1. The first-order valence-corrected chi connectivity index (χ1v) is 5.52. The number of nitrogens with two attached hydrogens (primary N) is 1. The lowest BCUT2D eigenvalue weighted by molar-refractivity contribution is -0.145. The van der Waals surface area contributed by atoms with Crippen molar-refractivity contribution in [1.29, 1.82) is 0 Å². The van der Waals surface area contributed by atoms with E-state index in [-0.39, 0.29) is 0 Å². The number of nitrogens with zero attached hydrogens (tertiary/aromatic N) is 1. The van der Waals surface area contributed by atoms with E-state index in [2.05, 4.69) is 0 Å². The van der Waals surface area contributed by atoms with Gasteiger partial charge in [-0.25, -0.2) is 8.78 Å². The number of hydrogen-bond donors (Lipinski definition) is 2. The second-order valence-corrected chi connectivity index (χ2v) is 3.99. The number of amides is 2. The van der Waals surface area contributed by atoms with Crippen LogP contribution < -0.4 is 5.73 Å². The lowest BCUT2D eigenvalue weighted by atomic mass is 10.1. The molecular weight excluding hydrogens is 274 g/mol. The maximum atomic E-state index is 13.4. The van der Waals surface area contributed by atoms with Crippen molar-refractivity contribution in [2.45, 2.75) is 6.42 Å². The van der Waals surface area contributed by atoms with Gasteiger partial charge in [0.1, 0.15) is 18.2 Å². The fourth-order valence-corrected chi connectivity index (χ4v) is 1.55. The summed E-state index contributed by atoms with van der Waals surface area (Å²) in [6.07, 6.45) is -0.695. The van der Waals surface area contributed by atoms with Gasteiger partial charge in [0.05, 0.1) is 13.0 Å².